The number of thioether (sulfide) groups is 1. The summed E-state index contributed by atoms with van der Waals surface area (Å²) in [6.07, 6.45) is 0.841. The van der Waals surface area contributed by atoms with E-state index < -0.39 is 5.97 Å². The zero-order valence-corrected chi connectivity index (χ0v) is 23.6. The van der Waals surface area contributed by atoms with Gasteiger partial charge >= 0.3 is 10.8 Å². The molecule has 10 heteroatoms. The summed E-state index contributed by atoms with van der Waals surface area (Å²) in [6, 6.07) is 15.2. The molecule has 1 saturated heterocycles. The number of amides is 2. The molecule has 1 aromatic heterocycles. The second-order valence-electron chi connectivity index (χ2n) is 11.0. The molecule has 7 atom stereocenters. The quantitative estimate of drug-likeness (QED) is 0.343. The van der Waals surface area contributed by atoms with E-state index in [1.165, 1.54) is 16.2 Å². The van der Waals surface area contributed by atoms with Gasteiger partial charge in [0.15, 0.2) is 6.61 Å². The minimum absolute atomic E-state index is 0.0505. The first-order valence-corrected chi connectivity index (χ1v) is 15.3. The molecule has 3 heterocycles. The maximum Gasteiger partial charge on any atom is 0.344 e. The highest BCUT2D eigenvalue weighted by molar-refractivity contribution is 8.00. The Labute approximate surface area is 239 Å². The van der Waals surface area contributed by atoms with Crippen molar-refractivity contribution in [2.45, 2.75) is 36.5 Å². The molecule has 1 N–H and O–H groups in total. The standard InChI is InChI=1S/C30H28N2O6S2/c1-3-37-20(33)13-38-17-10-6-15(7-11-17)21-22-18-12-19(25(22)39-27-26(21)40-30(36)31-27)24-23(18)28(34)32(29(24)35)16-8-4-14(2)5-9-16/h4-11,18-19,21-25H,3,12-13H2,1-2H3,(H,31,36)/t18-,19-,21+,22-,23+,24+,25-/m1/s1. The minimum atomic E-state index is -0.424. The summed E-state index contributed by atoms with van der Waals surface area (Å²) >= 11 is 2.91. The van der Waals surface area contributed by atoms with Crippen LogP contribution in [0.1, 0.15) is 35.3 Å². The number of aromatic amines is 1. The van der Waals surface area contributed by atoms with Gasteiger partial charge in [0, 0.05) is 16.0 Å². The lowest BCUT2D eigenvalue weighted by molar-refractivity contribution is -0.145. The van der Waals surface area contributed by atoms with Crippen LogP contribution in [0.5, 0.6) is 5.75 Å². The third-order valence-corrected chi connectivity index (χ3v) is 11.5. The van der Waals surface area contributed by atoms with Crippen LogP contribution in [-0.2, 0) is 19.1 Å². The first kappa shape index (κ1) is 25.6. The summed E-state index contributed by atoms with van der Waals surface area (Å²) in [4.78, 5) is 57.1. The Morgan fingerprint density at radius 2 is 1.70 bits per heavy atom. The van der Waals surface area contributed by atoms with Gasteiger partial charge in [-0.15, -0.1) is 11.8 Å². The molecule has 2 aliphatic heterocycles. The summed E-state index contributed by atoms with van der Waals surface area (Å²) < 4.78 is 10.5. The SMILES string of the molecule is CCOC(=O)COc1ccc([C@@H]2c3sc(=O)[nH]c3S[C@@H]3[C@@H]4C[C@@H]([C@@H]5C(=O)N(c6ccc(C)cc6)C(=O)[C@@H]45)[C@H]23)cc1. The molecule has 8 nitrogen and oxygen atoms in total. The number of carbonyl (C=O) groups excluding carboxylic acids is 3. The van der Waals surface area contributed by atoms with E-state index in [9.17, 15) is 19.2 Å². The Morgan fingerprint density at radius 3 is 2.40 bits per heavy atom. The van der Waals surface area contributed by atoms with Crippen LogP contribution in [0.4, 0.5) is 5.69 Å². The molecule has 0 unspecified atom stereocenters. The Morgan fingerprint density at radius 1 is 1.00 bits per heavy atom. The number of nitrogens with zero attached hydrogens (tertiary/aromatic N) is 1. The molecule has 4 aliphatic rings. The predicted molar refractivity (Wildman–Crippen MR) is 151 cm³/mol. The zero-order chi connectivity index (χ0) is 27.7. The van der Waals surface area contributed by atoms with Crippen molar-refractivity contribution in [3.8, 4) is 5.75 Å². The number of anilines is 1. The van der Waals surface area contributed by atoms with Crippen molar-refractivity contribution >= 4 is 46.6 Å². The summed E-state index contributed by atoms with van der Waals surface area (Å²) in [7, 11) is 0. The predicted octanol–water partition coefficient (Wildman–Crippen LogP) is 4.36. The van der Waals surface area contributed by atoms with Gasteiger partial charge in [0.2, 0.25) is 11.8 Å². The lowest BCUT2D eigenvalue weighted by Crippen LogP contribution is -2.42. The lowest BCUT2D eigenvalue weighted by atomic mass is 9.68. The van der Waals surface area contributed by atoms with E-state index in [2.05, 4.69) is 4.98 Å². The van der Waals surface area contributed by atoms with E-state index in [1.54, 1.807) is 18.7 Å². The van der Waals surface area contributed by atoms with Crippen molar-refractivity contribution in [2.24, 2.45) is 29.6 Å². The maximum absolute atomic E-state index is 13.8. The van der Waals surface area contributed by atoms with Crippen molar-refractivity contribution < 1.29 is 23.9 Å². The van der Waals surface area contributed by atoms with Crippen molar-refractivity contribution in [1.82, 2.24) is 4.98 Å². The molecule has 0 spiro atoms. The van der Waals surface area contributed by atoms with Crippen LogP contribution in [0.2, 0.25) is 0 Å². The van der Waals surface area contributed by atoms with Crippen LogP contribution >= 0.6 is 23.1 Å². The highest BCUT2D eigenvalue weighted by Crippen LogP contribution is 2.68. The highest BCUT2D eigenvalue weighted by Gasteiger charge is 2.69. The molecule has 2 aromatic carbocycles. The average Bonchev–Trinajstić information content (AvgIpc) is 3.67. The topological polar surface area (TPSA) is 106 Å². The number of fused-ring (bicyclic) bond motifs is 9. The number of ether oxygens (including phenoxy) is 2. The van der Waals surface area contributed by atoms with Gasteiger partial charge in [-0.25, -0.2) is 4.79 Å². The Balaban J connectivity index is 1.22. The summed E-state index contributed by atoms with van der Waals surface area (Å²) in [5.41, 5.74) is 2.75. The molecular weight excluding hydrogens is 548 g/mol. The summed E-state index contributed by atoms with van der Waals surface area (Å²) in [6.45, 7) is 3.86. The van der Waals surface area contributed by atoms with Crippen molar-refractivity contribution in [2.75, 3.05) is 18.1 Å². The molecule has 2 aliphatic carbocycles. The molecule has 40 heavy (non-hydrogen) atoms. The molecule has 2 bridgehead atoms. The molecule has 2 amide bonds. The Kier molecular flexibility index (Phi) is 6.16. The van der Waals surface area contributed by atoms with Crippen LogP contribution in [-0.4, -0.2) is 41.2 Å². The number of thiazole rings is 1. The van der Waals surface area contributed by atoms with E-state index in [0.29, 0.717) is 18.0 Å². The molecule has 3 aromatic rings. The normalized spacial score (nSPS) is 29.8. The van der Waals surface area contributed by atoms with Gasteiger partial charge in [-0.3, -0.25) is 19.3 Å². The van der Waals surface area contributed by atoms with Gasteiger partial charge in [0.25, 0.3) is 0 Å². The van der Waals surface area contributed by atoms with Crippen LogP contribution in [0.3, 0.4) is 0 Å². The van der Waals surface area contributed by atoms with Crippen LogP contribution in [0.25, 0.3) is 0 Å². The van der Waals surface area contributed by atoms with E-state index in [4.69, 9.17) is 9.47 Å². The van der Waals surface area contributed by atoms with Gasteiger partial charge in [0.05, 0.1) is 29.2 Å². The first-order valence-electron chi connectivity index (χ1n) is 13.6. The second-order valence-corrected chi connectivity index (χ2v) is 13.2. The lowest BCUT2D eigenvalue weighted by Gasteiger charge is -2.43. The molecule has 3 fully saturated rings. The fraction of sp³-hybridized carbons (Fsp3) is 0.400. The maximum atomic E-state index is 13.8. The van der Waals surface area contributed by atoms with E-state index in [1.807, 2.05) is 55.5 Å². The first-order chi connectivity index (χ1) is 19.4. The third kappa shape index (κ3) is 3.87. The van der Waals surface area contributed by atoms with Gasteiger partial charge < -0.3 is 14.5 Å². The largest absolute Gasteiger partial charge is 0.482 e. The number of carbonyl (C=O) groups is 3. The number of hydrogen-bond acceptors (Lipinski definition) is 8. The number of nitrogens with one attached hydrogen (secondary N) is 1. The summed E-state index contributed by atoms with van der Waals surface area (Å²) in [5.74, 6) is -0.539. The zero-order valence-electron chi connectivity index (χ0n) is 22.0. The number of benzene rings is 2. The fourth-order valence-electron chi connectivity index (χ4n) is 7.45. The van der Waals surface area contributed by atoms with Crippen LogP contribution in [0, 0.1) is 36.5 Å². The molecule has 0 radical (unpaired) electrons. The molecule has 2 saturated carbocycles. The number of rotatable bonds is 6. The minimum Gasteiger partial charge on any atom is -0.482 e. The number of imide groups is 1. The average molecular weight is 577 g/mol. The van der Waals surface area contributed by atoms with E-state index in [-0.39, 0.29) is 64.1 Å². The van der Waals surface area contributed by atoms with E-state index in [0.717, 1.165) is 27.5 Å². The van der Waals surface area contributed by atoms with Gasteiger partial charge in [0.1, 0.15) is 5.75 Å². The van der Waals surface area contributed by atoms with Crippen LogP contribution < -0.4 is 14.5 Å². The van der Waals surface area contributed by atoms with Crippen molar-refractivity contribution in [3.05, 3.63) is 74.2 Å². The van der Waals surface area contributed by atoms with Crippen LogP contribution in [0.15, 0.2) is 58.4 Å². The number of H-pyrrole nitrogens is 1. The van der Waals surface area contributed by atoms with Gasteiger partial charge in [-0.2, -0.15) is 0 Å². The fourth-order valence-corrected chi connectivity index (χ4v) is 10.3. The molecule has 206 valence electrons. The van der Waals surface area contributed by atoms with Gasteiger partial charge in [-0.1, -0.05) is 41.2 Å². The van der Waals surface area contributed by atoms with Gasteiger partial charge in [-0.05, 0) is 67.9 Å². The smallest absolute Gasteiger partial charge is 0.344 e. The number of esters is 1. The highest BCUT2D eigenvalue weighted by atomic mass is 32.2. The van der Waals surface area contributed by atoms with Crippen molar-refractivity contribution in [3.63, 3.8) is 0 Å². The van der Waals surface area contributed by atoms with Crippen molar-refractivity contribution in [1.29, 1.82) is 0 Å². The number of hydrogen-bond donors (Lipinski definition) is 1. The Bertz CT molecular complexity index is 1560. The molecular formula is C30H28N2O6S2. The third-order valence-electron chi connectivity index (χ3n) is 8.92. The second kappa shape index (κ2) is 9.62. The number of aryl methyl sites for hydroxylation is 1. The van der Waals surface area contributed by atoms with E-state index >= 15 is 0 Å². The Hall–Kier alpha value is -3.37. The molecule has 7 rings (SSSR count). The number of aromatic nitrogens is 1. The summed E-state index contributed by atoms with van der Waals surface area (Å²) in [5, 5.41) is 1.00. The monoisotopic (exact) mass is 576 g/mol.